The van der Waals surface area contributed by atoms with E-state index in [9.17, 15) is 14.4 Å². The number of rotatable bonds is 5. The third-order valence-electron chi connectivity index (χ3n) is 4.30. The highest BCUT2D eigenvalue weighted by Crippen LogP contribution is 2.22. The van der Waals surface area contributed by atoms with E-state index in [1.807, 2.05) is 5.01 Å². The highest BCUT2D eigenvalue weighted by molar-refractivity contribution is 6.21. The van der Waals surface area contributed by atoms with E-state index in [0.717, 1.165) is 25.9 Å². The van der Waals surface area contributed by atoms with Gasteiger partial charge in [-0.1, -0.05) is 18.6 Å². The van der Waals surface area contributed by atoms with Gasteiger partial charge in [-0.15, -0.1) is 0 Å². The largest absolute Gasteiger partial charge is 0.289 e. The quantitative estimate of drug-likeness (QED) is 0.838. The fourth-order valence-electron chi connectivity index (χ4n) is 3.08. The second kappa shape index (κ2) is 6.91. The van der Waals surface area contributed by atoms with Crippen LogP contribution in [0.2, 0.25) is 0 Å². The summed E-state index contributed by atoms with van der Waals surface area (Å²) in [6, 6.07) is 6.83. The van der Waals surface area contributed by atoms with Gasteiger partial charge < -0.3 is 0 Å². The van der Waals surface area contributed by atoms with Crippen LogP contribution < -0.4 is 5.43 Å². The first-order chi connectivity index (χ1) is 11.2. The molecule has 6 nitrogen and oxygen atoms in total. The number of amides is 3. The molecule has 0 atom stereocenters. The maximum Gasteiger partial charge on any atom is 0.261 e. The Balaban J connectivity index is 1.47. The van der Waals surface area contributed by atoms with Crippen molar-refractivity contribution in [2.75, 3.05) is 19.6 Å². The summed E-state index contributed by atoms with van der Waals surface area (Å²) in [5, 5.41) is 1.95. The van der Waals surface area contributed by atoms with Gasteiger partial charge in [0.25, 0.3) is 11.8 Å². The molecule has 3 rings (SSSR count). The van der Waals surface area contributed by atoms with Crippen molar-refractivity contribution in [3.8, 4) is 0 Å². The Bertz CT molecular complexity index is 588. The monoisotopic (exact) mass is 315 g/mol. The summed E-state index contributed by atoms with van der Waals surface area (Å²) in [6.07, 6.45) is 4.21. The fraction of sp³-hybridized carbons (Fsp3) is 0.471. The predicted octanol–water partition coefficient (Wildman–Crippen LogP) is 1.58. The van der Waals surface area contributed by atoms with Crippen LogP contribution in [0.4, 0.5) is 0 Å². The topological polar surface area (TPSA) is 69.7 Å². The molecule has 0 unspecified atom stereocenters. The molecule has 2 heterocycles. The Labute approximate surface area is 135 Å². The van der Waals surface area contributed by atoms with E-state index in [2.05, 4.69) is 5.43 Å². The normalized spacial score (nSPS) is 18.2. The minimum absolute atomic E-state index is 0.0523. The number of imide groups is 1. The van der Waals surface area contributed by atoms with Crippen molar-refractivity contribution in [3.05, 3.63) is 35.4 Å². The molecule has 1 N–H and O–H groups in total. The summed E-state index contributed by atoms with van der Waals surface area (Å²) in [7, 11) is 0. The van der Waals surface area contributed by atoms with Gasteiger partial charge in [0.1, 0.15) is 0 Å². The zero-order valence-electron chi connectivity index (χ0n) is 13.1. The lowest BCUT2D eigenvalue weighted by Gasteiger charge is -2.26. The first-order valence-corrected chi connectivity index (χ1v) is 8.16. The molecule has 0 bridgehead atoms. The molecule has 0 spiro atoms. The van der Waals surface area contributed by atoms with E-state index in [0.29, 0.717) is 24.0 Å². The van der Waals surface area contributed by atoms with Gasteiger partial charge in [-0.05, 0) is 31.4 Å². The number of nitrogens with one attached hydrogen (secondary N) is 1. The third-order valence-corrected chi connectivity index (χ3v) is 4.30. The lowest BCUT2D eigenvalue weighted by atomic mass is 10.1. The van der Waals surface area contributed by atoms with E-state index in [-0.39, 0.29) is 24.3 Å². The van der Waals surface area contributed by atoms with Gasteiger partial charge in [0.2, 0.25) is 5.91 Å². The molecule has 0 radical (unpaired) electrons. The number of carbonyl (C=O) groups excluding carboxylic acids is 3. The standard InChI is InChI=1S/C17H21N3O3/c21-15(18-19-10-4-1-5-11-19)9-6-12-20-16(22)13-7-2-3-8-14(13)17(20)23/h2-3,7-8H,1,4-6,9-12H2,(H,18,21). The van der Waals surface area contributed by atoms with Gasteiger partial charge in [-0.25, -0.2) is 5.01 Å². The number of nitrogens with zero attached hydrogens (tertiary/aromatic N) is 2. The molecule has 6 heteroatoms. The number of piperidine rings is 1. The SMILES string of the molecule is O=C(CCCN1C(=O)c2ccccc2C1=O)NN1CCCCC1. The van der Waals surface area contributed by atoms with Gasteiger partial charge in [0.05, 0.1) is 11.1 Å². The lowest BCUT2D eigenvalue weighted by Crippen LogP contribution is -2.45. The van der Waals surface area contributed by atoms with Crippen molar-refractivity contribution in [1.82, 2.24) is 15.3 Å². The van der Waals surface area contributed by atoms with Crippen LogP contribution >= 0.6 is 0 Å². The molecule has 122 valence electrons. The first kappa shape index (κ1) is 15.7. The number of hydrogen-bond acceptors (Lipinski definition) is 4. The van der Waals surface area contributed by atoms with E-state index in [1.165, 1.54) is 11.3 Å². The Morgan fingerprint density at radius 3 is 2.22 bits per heavy atom. The Morgan fingerprint density at radius 1 is 1.00 bits per heavy atom. The van der Waals surface area contributed by atoms with E-state index in [1.54, 1.807) is 24.3 Å². The van der Waals surface area contributed by atoms with Crippen LogP contribution in [0.1, 0.15) is 52.8 Å². The molecule has 2 aliphatic heterocycles. The zero-order valence-corrected chi connectivity index (χ0v) is 13.1. The molecule has 0 aromatic heterocycles. The number of benzene rings is 1. The molecule has 1 fully saturated rings. The number of carbonyl (C=O) groups is 3. The minimum atomic E-state index is -0.262. The van der Waals surface area contributed by atoms with Crippen molar-refractivity contribution >= 4 is 17.7 Å². The highest BCUT2D eigenvalue weighted by Gasteiger charge is 2.34. The second-order valence-electron chi connectivity index (χ2n) is 5.99. The average molecular weight is 315 g/mol. The summed E-state index contributed by atoms with van der Waals surface area (Å²) in [4.78, 5) is 37.6. The van der Waals surface area contributed by atoms with Crippen molar-refractivity contribution in [2.45, 2.75) is 32.1 Å². The van der Waals surface area contributed by atoms with Crippen LogP contribution in [0.5, 0.6) is 0 Å². The van der Waals surface area contributed by atoms with Crippen LogP contribution in [0.15, 0.2) is 24.3 Å². The smallest absolute Gasteiger partial charge is 0.261 e. The molecular formula is C17H21N3O3. The fourth-order valence-corrected chi connectivity index (χ4v) is 3.08. The molecule has 0 aliphatic carbocycles. The lowest BCUT2D eigenvalue weighted by molar-refractivity contribution is -0.126. The average Bonchev–Trinajstić information content (AvgIpc) is 2.81. The molecule has 3 amide bonds. The number of hydrogen-bond donors (Lipinski definition) is 1. The van der Waals surface area contributed by atoms with Gasteiger partial charge in [0.15, 0.2) is 0 Å². The molecule has 1 aromatic rings. The van der Waals surface area contributed by atoms with Crippen molar-refractivity contribution in [3.63, 3.8) is 0 Å². The number of fused-ring (bicyclic) bond motifs is 1. The van der Waals surface area contributed by atoms with Crippen molar-refractivity contribution in [2.24, 2.45) is 0 Å². The van der Waals surface area contributed by atoms with Crippen molar-refractivity contribution in [1.29, 1.82) is 0 Å². The van der Waals surface area contributed by atoms with E-state index >= 15 is 0 Å². The maximum absolute atomic E-state index is 12.2. The molecule has 2 aliphatic rings. The van der Waals surface area contributed by atoms with Gasteiger partial charge in [-0.2, -0.15) is 0 Å². The summed E-state index contributed by atoms with van der Waals surface area (Å²) < 4.78 is 0. The van der Waals surface area contributed by atoms with Gasteiger partial charge >= 0.3 is 0 Å². The zero-order chi connectivity index (χ0) is 16.2. The predicted molar refractivity (Wildman–Crippen MR) is 84.6 cm³/mol. The summed E-state index contributed by atoms with van der Waals surface area (Å²) >= 11 is 0. The van der Waals surface area contributed by atoms with E-state index < -0.39 is 0 Å². The summed E-state index contributed by atoms with van der Waals surface area (Å²) in [5.74, 6) is -0.576. The van der Waals surface area contributed by atoms with Gasteiger partial charge in [0, 0.05) is 26.1 Å². The Kier molecular flexibility index (Phi) is 4.71. The van der Waals surface area contributed by atoms with Crippen LogP contribution in [0.25, 0.3) is 0 Å². The first-order valence-electron chi connectivity index (χ1n) is 8.16. The molecular weight excluding hydrogens is 294 g/mol. The summed E-state index contributed by atoms with van der Waals surface area (Å²) in [6.45, 7) is 2.06. The highest BCUT2D eigenvalue weighted by atomic mass is 16.2. The Morgan fingerprint density at radius 2 is 1.61 bits per heavy atom. The second-order valence-corrected chi connectivity index (χ2v) is 5.99. The minimum Gasteiger partial charge on any atom is -0.289 e. The van der Waals surface area contributed by atoms with Crippen LogP contribution in [0.3, 0.4) is 0 Å². The van der Waals surface area contributed by atoms with Crippen LogP contribution in [0, 0.1) is 0 Å². The van der Waals surface area contributed by atoms with Crippen LogP contribution in [-0.2, 0) is 4.79 Å². The van der Waals surface area contributed by atoms with E-state index in [4.69, 9.17) is 0 Å². The number of hydrazine groups is 1. The molecule has 23 heavy (non-hydrogen) atoms. The molecule has 0 saturated carbocycles. The maximum atomic E-state index is 12.2. The Hall–Kier alpha value is -2.21. The molecule has 1 saturated heterocycles. The third kappa shape index (κ3) is 3.42. The van der Waals surface area contributed by atoms with Gasteiger partial charge in [-0.3, -0.25) is 24.7 Å². The van der Waals surface area contributed by atoms with Crippen LogP contribution in [-0.4, -0.2) is 47.3 Å². The van der Waals surface area contributed by atoms with Crippen molar-refractivity contribution < 1.29 is 14.4 Å². The summed E-state index contributed by atoms with van der Waals surface area (Å²) in [5.41, 5.74) is 3.80. The molecule has 1 aromatic carbocycles.